The zero-order valence-electron chi connectivity index (χ0n) is 13.4. The molecule has 3 atom stereocenters. The molecule has 1 aliphatic heterocycles. The molecule has 2 fully saturated rings. The largest absolute Gasteiger partial charge is 0.351 e. The van der Waals surface area contributed by atoms with Crippen molar-refractivity contribution in [3.63, 3.8) is 0 Å². The standard InChI is InChI=1S/C20H24N2O/c23-20(19-12-17-7-3-4-8-18(17)22-19)21-13-14-9-10-15-5-1-2-6-16(15)11-14/h1-2,5-6,9-11,17-19,22H,3-4,7-8,12-13H2,(H,21,23). The predicted octanol–water partition coefficient (Wildman–Crippen LogP) is 3.38. The molecule has 2 aliphatic rings. The number of amides is 1. The van der Waals surface area contributed by atoms with Crippen LogP contribution in [0.4, 0.5) is 0 Å². The number of rotatable bonds is 3. The highest BCUT2D eigenvalue weighted by Crippen LogP contribution is 2.33. The van der Waals surface area contributed by atoms with Crippen molar-refractivity contribution < 1.29 is 4.79 Å². The first-order valence-corrected chi connectivity index (χ1v) is 8.81. The Morgan fingerprint density at radius 1 is 1.09 bits per heavy atom. The van der Waals surface area contributed by atoms with Gasteiger partial charge in [-0.05, 0) is 47.6 Å². The van der Waals surface area contributed by atoms with E-state index in [2.05, 4.69) is 53.1 Å². The fraction of sp³-hybridized carbons (Fsp3) is 0.450. The molecule has 0 bridgehead atoms. The topological polar surface area (TPSA) is 41.1 Å². The van der Waals surface area contributed by atoms with Gasteiger partial charge in [0.05, 0.1) is 6.04 Å². The number of carbonyl (C=O) groups excluding carboxylic acids is 1. The number of hydrogen-bond acceptors (Lipinski definition) is 2. The van der Waals surface area contributed by atoms with E-state index in [0.717, 1.165) is 12.0 Å². The van der Waals surface area contributed by atoms with Crippen molar-refractivity contribution in [1.29, 1.82) is 0 Å². The van der Waals surface area contributed by atoms with E-state index in [1.165, 1.54) is 36.5 Å². The molecule has 0 aromatic heterocycles. The molecule has 120 valence electrons. The van der Waals surface area contributed by atoms with Crippen molar-refractivity contribution in [1.82, 2.24) is 10.6 Å². The number of nitrogens with one attached hydrogen (secondary N) is 2. The highest BCUT2D eigenvalue weighted by atomic mass is 16.2. The summed E-state index contributed by atoms with van der Waals surface area (Å²) < 4.78 is 0. The van der Waals surface area contributed by atoms with Gasteiger partial charge in [-0.2, -0.15) is 0 Å². The van der Waals surface area contributed by atoms with E-state index in [9.17, 15) is 4.79 Å². The van der Waals surface area contributed by atoms with Gasteiger partial charge in [-0.1, -0.05) is 49.2 Å². The Labute approximate surface area is 137 Å². The van der Waals surface area contributed by atoms with Crippen LogP contribution in [-0.2, 0) is 11.3 Å². The third-order valence-corrected chi connectivity index (χ3v) is 5.46. The maximum Gasteiger partial charge on any atom is 0.237 e. The van der Waals surface area contributed by atoms with Crippen molar-refractivity contribution in [2.75, 3.05) is 0 Å². The van der Waals surface area contributed by atoms with Crippen LogP contribution in [0.2, 0.25) is 0 Å². The number of hydrogen-bond donors (Lipinski definition) is 2. The summed E-state index contributed by atoms with van der Waals surface area (Å²) in [4.78, 5) is 12.5. The molecule has 2 aromatic rings. The summed E-state index contributed by atoms with van der Waals surface area (Å²) in [5.41, 5.74) is 1.16. The molecule has 0 spiro atoms. The zero-order valence-corrected chi connectivity index (χ0v) is 13.4. The lowest BCUT2D eigenvalue weighted by molar-refractivity contribution is -0.123. The zero-order chi connectivity index (χ0) is 15.6. The monoisotopic (exact) mass is 308 g/mol. The first kappa shape index (κ1) is 14.7. The predicted molar refractivity (Wildman–Crippen MR) is 93.1 cm³/mol. The molecule has 23 heavy (non-hydrogen) atoms. The van der Waals surface area contributed by atoms with E-state index in [4.69, 9.17) is 0 Å². The van der Waals surface area contributed by atoms with Crippen molar-refractivity contribution in [3.8, 4) is 0 Å². The average molecular weight is 308 g/mol. The highest BCUT2D eigenvalue weighted by molar-refractivity contribution is 5.84. The normalized spacial score (nSPS) is 26.9. The number of benzene rings is 2. The van der Waals surface area contributed by atoms with Crippen LogP contribution in [-0.4, -0.2) is 18.0 Å². The van der Waals surface area contributed by atoms with Crippen LogP contribution in [0.25, 0.3) is 10.8 Å². The maximum atomic E-state index is 12.5. The molecule has 2 aromatic carbocycles. The van der Waals surface area contributed by atoms with Gasteiger partial charge >= 0.3 is 0 Å². The van der Waals surface area contributed by atoms with Gasteiger partial charge in [0, 0.05) is 12.6 Å². The van der Waals surface area contributed by atoms with Crippen LogP contribution in [0, 0.1) is 5.92 Å². The highest BCUT2D eigenvalue weighted by Gasteiger charge is 2.37. The van der Waals surface area contributed by atoms with Crippen molar-refractivity contribution in [2.45, 2.75) is 50.7 Å². The van der Waals surface area contributed by atoms with Crippen molar-refractivity contribution >= 4 is 16.7 Å². The van der Waals surface area contributed by atoms with Gasteiger partial charge in [0.1, 0.15) is 0 Å². The number of carbonyl (C=O) groups is 1. The minimum Gasteiger partial charge on any atom is -0.351 e. The van der Waals surface area contributed by atoms with Crippen LogP contribution in [0.15, 0.2) is 42.5 Å². The molecule has 3 nitrogen and oxygen atoms in total. The second kappa shape index (κ2) is 6.32. The summed E-state index contributed by atoms with van der Waals surface area (Å²) in [6.45, 7) is 0.608. The summed E-state index contributed by atoms with van der Waals surface area (Å²) >= 11 is 0. The van der Waals surface area contributed by atoms with Crippen LogP contribution in [0.5, 0.6) is 0 Å². The van der Waals surface area contributed by atoms with Crippen molar-refractivity contribution in [3.05, 3.63) is 48.0 Å². The van der Waals surface area contributed by atoms with Gasteiger partial charge in [-0.3, -0.25) is 4.79 Å². The second-order valence-corrected chi connectivity index (χ2v) is 7.01. The first-order chi connectivity index (χ1) is 11.3. The van der Waals surface area contributed by atoms with Gasteiger partial charge in [-0.15, -0.1) is 0 Å². The first-order valence-electron chi connectivity index (χ1n) is 8.81. The SMILES string of the molecule is O=C(NCc1ccc2ccccc2c1)C1CC2CCCCC2N1. The fourth-order valence-corrected chi connectivity index (χ4v) is 4.18. The van der Waals surface area contributed by atoms with E-state index in [0.29, 0.717) is 18.5 Å². The Morgan fingerprint density at radius 2 is 1.91 bits per heavy atom. The molecular formula is C20H24N2O. The lowest BCUT2D eigenvalue weighted by Crippen LogP contribution is -2.42. The van der Waals surface area contributed by atoms with Gasteiger partial charge in [0.15, 0.2) is 0 Å². The van der Waals surface area contributed by atoms with Gasteiger partial charge < -0.3 is 10.6 Å². The lowest BCUT2D eigenvalue weighted by atomic mass is 9.85. The second-order valence-electron chi connectivity index (χ2n) is 7.01. The van der Waals surface area contributed by atoms with Gasteiger partial charge in [-0.25, -0.2) is 0 Å². The molecular weight excluding hydrogens is 284 g/mol. The Bertz CT molecular complexity index is 698. The van der Waals surface area contributed by atoms with E-state index >= 15 is 0 Å². The molecule has 4 rings (SSSR count). The lowest BCUT2D eigenvalue weighted by Gasteiger charge is -2.24. The number of fused-ring (bicyclic) bond motifs is 2. The summed E-state index contributed by atoms with van der Waals surface area (Å²) in [5, 5.41) is 9.13. The van der Waals surface area contributed by atoms with Crippen LogP contribution < -0.4 is 10.6 Å². The summed E-state index contributed by atoms with van der Waals surface area (Å²) in [6, 6.07) is 15.3. The van der Waals surface area contributed by atoms with E-state index in [1.54, 1.807) is 0 Å². The molecule has 1 heterocycles. The molecule has 3 heteroatoms. The summed E-state index contributed by atoms with van der Waals surface area (Å²) in [6.07, 6.45) is 6.16. The molecule has 1 saturated carbocycles. The Balaban J connectivity index is 1.37. The molecule has 3 unspecified atom stereocenters. The van der Waals surface area contributed by atoms with Crippen LogP contribution >= 0.6 is 0 Å². The summed E-state index contributed by atoms with van der Waals surface area (Å²) in [5.74, 6) is 0.868. The Morgan fingerprint density at radius 3 is 2.78 bits per heavy atom. The van der Waals surface area contributed by atoms with E-state index < -0.39 is 0 Å². The molecule has 0 radical (unpaired) electrons. The quantitative estimate of drug-likeness (QED) is 0.912. The van der Waals surface area contributed by atoms with Crippen LogP contribution in [0.1, 0.15) is 37.7 Å². The van der Waals surface area contributed by atoms with Crippen LogP contribution in [0.3, 0.4) is 0 Å². The maximum absolute atomic E-state index is 12.5. The fourth-order valence-electron chi connectivity index (χ4n) is 4.18. The molecule has 1 amide bonds. The van der Waals surface area contributed by atoms with E-state index in [1.807, 2.05) is 0 Å². The summed E-state index contributed by atoms with van der Waals surface area (Å²) in [7, 11) is 0. The molecule has 1 aliphatic carbocycles. The van der Waals surface area contributed by atoms with Crippen molar-refractivity contribution in [2.24, 2.45) is 5.92 Å². The van der Waals surface area contributed by atoms with Gasteiger partial charge in [0.2, 0.25) is 5.91 Å². The van der Waals surface area contributed by atoms with Gasteiger partial charge in [0.25, 0.3) is 0 Å². The third kappa shape index (κ3) is 3.11. The van der Waals surface area contributed by atoms with E-state index in [-0.39, 0.29) is 11.9 Å². The smallest absolute Gasteiger partial charge is 0.237 e. The minimum absolute atomic E-state index is 0.00329. The third-order valence-electron chi connectivity index (χ3n) is 5.46. The molecule has 1 saturated heterocycles. The minimum atomic E-state index is 0.00329. The average Bonchev–Trinajstić information content (AvgIpc) is 3.04. The Hall–Kier alpha value is -1.87. The Kier molecular flexibility index (Phi) is 4.04. The molecule has 2 N–H and O–H groups in total.